The third-order valence-corrected chi connectivity index (χ3v) is 5.43. The number of unbranched alkanes of at least 4 members (excludes halogenated alkanes) is 1. The molecular formula is C18H27F11O2. The molecule has 0 aliphatic rings. The first-order valence-corrected chi connectivity index (χ1v) is 9.50. The second-order valence-corrected chi connectivity index (χ2v) is 7.62. The Labute approximate surface area is 173 Å². The van der Waals surface area contributed by atoms with E-state index in [4.69, 9.17) is 0 Å². The Morgan fingerprint density at radius 3 is 1.48 bits per heavy atom. The Hall–Kier alpha value is -0.850. The molecule has 4 atom stereocenters. The smallest absolute Gasteiger partial charge is 0.378 e. The van der Waals surface area contributed by atoms with Gasteiger partial charge in [0.25, 0.3) is 5.67 Å². The lowest BCUT2D eigenvalue weighted by Crippen LogP contribution is -2.71. The predicted molar refractivity (Wildman–Crippen MR) is 90.0 cm³/mol. The topological polar surface area (TPSA) is 18.5 Å². The summed E-state index contributed by atoms with van der Waals surface area (Å²) in [5, 5.41) is 0. The van der Waals surface area contributed by atoms with Crippen LogP contribution in [-0.4, -0.2) is 54.3 Å². The van der Waals surface area contributed by atoms with Crippen LogP contribution < -0.4 is 0 Å². The highest BCUT2D eigenvalue weighted by atomic mass is 19.4. The van der Waals surface area contributed by atoms with Crippen molar-refractivity contribution in [2.45, 2.75) is 101 Å². The van der Waals surface area contributed by atoms with Gasteiger partial charge in [0.05, 0.1) is 6.61 Å². The summed E-state index contributed by atoms with van der Waals surface area (Å²) in [5.74, 6) is 0. The van der Waals surface area contributed by atoms with Crippen molar-refractivity contribution in [3.05, 3.63) is 0 Å². The minimum Gasteiger partial charge on any atom is -0.378 e. The summed E-state index contributed by atoms with van der Waals surface area (Å²) in [4.78, 5) is 0. The Bertz CT molecular complexity index is 576. The molecule has 0 saturated heterocycles. The molecule has 31 heavy (non-hydrogen) atoms. The van der Waals surface area contributed by atoms with Gasteiger partial charge in [-0.2, -0.15) is 35.1 Å². The lowest BCUT2D eigenvalue weighted by molar-refractivity contribution is -0.447. The molecule has 2 nitrogen and oxygen atoms in total. The molecule has 0 radical (unpaired) electrons. The van der Waals surface area contributed by atoms with E-state index in [9.17, 15) is 43.9 Å². The van der Waals surface area contributed by atoms with Crippen LogP contribution in [-0.2, 0) is 9.47 Å². The largest absolute Gasteiger partial charge is 0.434 e. The minimum atomic E-state index is -6.61. The van der Waals surface area contributed by atoms with E-state index in [0.29, 0.717) is 20.3 Å². The van der Waals surface area contributed by atoms with E-state index in [0.717, 1.165) is 0 Å². The molecule has 0 saturated carbocycles. The first-order chi connectivity index (χ1) is 13.6. The van der Waals surface area contributed by atoms with Gasteiger partial charge in [-0.1, -0.05) is 27.2 Å². The minimum absolute atomic E-state index is 0.107. The average Bonchev–Trinajstić information content (AvgIpc) is 2.61. The van der Waals surface area contributed by atoms with Crippen molar-refractivity contribution in [2.24, 2.45) is 0 Å². The lowest BCUT2D eigenvalue weighted by Gasteiger charge is -2.48. The Kier molecular flexibility index (Phi) is 9.30. The number of hydrogen-bond donors (Lipinski definition) is 0. The highest BCUT2D eigenvalue weighted by Crippen LogP contribution is 2.58. The molecule has 0 aliphatic carbocycles. The molecule has 0 bridgehead atoms. The van der Waals surface area contributed by atoms with Gasteiger partial charge in [-0.25, -0.2) is 13.2 Å². The maximum absolute atomic E-state index is 15.2. The fourth-order valence-corrected chi connectivity index (χ4v) is 2.79. The normalized spacial score (nSPS) is 21.7. The third-order valence-electron chi connectivity index (χ3n) is 5.43. The third kappa shape index (κ3) is 5.39. The van der Waals surface area contributed by atoms with E-state index in [-0.39, 0.29) is 20.3 Å². The molecule has 0 amide bonds. The van der Waals surface area contributed by atoms with Crippen LogP contribution in [0.5, 0.6) is 0 Å². The highest BCUT2D eigenvalue weighted by molar-refractivity contribution is 5.11. The molecule has 4 unspecified atom stereocenters. The Balaban J connectivity index is 6.50. The summed E-state index contributed by atoms with van der Waals surface area (Å²) >= 11 is 0. The number of halogens is 11. The van der Waals surface area contributed by atoms with Crippen LogP contribution >= 0.6 is 0 Å². The van der Waals surface area contributed by atoms with E-state index in [1.165, 1.54) is 0 Å². The molecule has 188 valence electrons. The Morgan fingerprint density at radius 1 is 0.677 bits per heavy atom. The van der Waals surface area contributed by atoms with Gasteiger partial charge in [-0.15, -0.1) is 0 Å². The van der Waals surface area contributed by atoms with Gasteiger partial charge in [0, 0.05) is 6.61 Å². The zero-order chi connectivity index (χ0) is 25.2. The quantitative estimate of drug-likeness (QED) is 0.214. The lowest BCUT2D eigenvalue weighted by atomic mass is 9.80. The van der Waals surface area contributed by atoms with Crippen LogP contribution in [0.1, 0.15) is 60.3 Å². The summed E-state index contributed by atoms with van der Waals surface area (Å²) in [7, 11) is 0. The number of rotatable bonds is 12. The van der Waals surface area contributed by atoms with Crippen molar-refractivity contribution in [3.8, 4) is 0 Å². The first-order valence-electron chi connectivity index (χ1n) is 9.50. The van der Waals surface area contributed by atoms with E-state index >= 15 is 4.39 Å². The molecular weight excluding hydrogens is 457 g/mol. The number of hydrogen-bond acceptors (Lipinski definition) is 2. The van der Waals surface area contributed by atoms with E-state index in [1.54, 1.807) is 6.92 Å². The van der Waals surface area contributed by atoms with Crippen molar-refractivity contribution < 1.29 is 57.8 Å². The van der Waals surface area contributed by atoms with Crippen LogP contribution in [0.15, 0.2) is 0 Å². The molecule has 0 aromatic rings. The molecule has 0 N–H and O–H groups in total. The van der Waals surface area contributed by atoms with Crippen molar-refractivity contribution in [1.82, 2.24) is 0 Å². The summed E-state index contributed by atoms with van der Waals surface area (Å²) < 4.78 is 162. The average molecular weight is 484 g/mol. The number of alkyl halides is 11. The van der Waals surface area contributed by atoms with Crippen LogP contribution in [0.3, 0.4) is 0 Å². The van der Waals surface area contributed by atoms with Crippen LogP contribution in [0.25, 0.3) is 0 Å². The van der Waals surface area contributed by atoms with E-state index < -0.39 is 67.1 Å². The molecule has 0 fully saturated rings. The van der Waals surface area contributed by atoms with Gasteiger partial charge < -0.3 is 9.47 Å². The summed E-state index contributed by atoms with van der Waals surface area (Å²) in [6.45, 7) is 0.605. The zero-order valence-electron chi connectivity index (χ0n) is 17.7. The van der Waals surface area contributed by atoms with E-state index in [2.05, 4.69) is 9.47 Å². The van der Waals surface area contributed by atoms with Crippen molar-refractivity contribution in [2.75, 3.05) is 13.2 Å². The molecule has 0 heterocycles. The zero-order valence-corrected chi connectivity index (χ0v) is 17.7. The van der Waals surface area contributed by atoms with Crippen LogP contribution in [0.4, 0.5) is 48.3 Å². The van der Waals surface area contributed by atoms with Gasteiger partial charge in [0.2, 0.25) is 0 Å². The van der Waals surface area contributed by atoms with Crippen molar-refractivity contribution in [3.63, 3.8) is 0 Å². The molecule has 13 heteroatoms. The molecule has 0 rings (SSSR count). The predicted octanol–water partition coefficient (Wildman–Crippen LogP) is 7.26. The number of ether oxygens (including phenoxy) is 2. The molecule has 0 aromatic heterocycles. The van der Waals surface area contributed by atoms with Crippen molar-refractivity contribution in [1.29, 1.82) is 0 Å². The standard InChI is InChI=1S/C18H27F11O2/c1-6-9-10-30-11-14(20,16(22,23)24)13(5,8-3)31-18(28,29)15(21,17(25,26)27)12(4,19)7-2/h6-11H2,1-5H3. The maximum atomic E-state index is 15.2. The van der Waals surface area contributed by atoms with Gasteiger partial charge in [0.15, 0.2) is 5.67 Å². The summed E-state index contributed by atoms with van der Waals surface area (Å²) in [6, 6.07) is 0. The summed E-state index contributed by atoms with van der Waals surface area (Å²) in [6.07, 6.45) is -20.9. The fourth-order valence-electron chi connectivity index (χ4n) is 2.79. The Morgan fingerprint density at radius 2 is 1.16 bits per heavy atom. The van der Waals surface area contributed by atoms with Gasteiger partial charge >= 0.3 is 24.1 Å². The van der Waals surface area contributed by atoms with Crippen LogP contribution in [0, 0.1) is 0 Å². The molecule has 0 aromatic carbocycles. The monoisotopic (exact) mass is 484 g/mol. The molecule has 0 spiro atoms. The van der Waals surface area contributed by atoms with Gasteiger partial charge in [-0.05, 0) is 33.1 Å². The van der Waals surface area contributed by atoms with Gasteiger partial charge in [-0.3, -0.25) is 0 Å². The van der Waals surface area contributed by atoms with Gasteiger partial charge in [0.1, 0.15) is 5.60 Å². The first kappa shape index (κ1) is 30.1. The SMILES string of the molecule is CCCCOCC(F)(C(F)(F)F)C(C)(CC)OC(F)(F)C(F)(C(F)(F)F)C(C)(F)CC. The van der Waals surface area contributed by atoms with Crippen LogP contribution in [0.2, 0.25) is 0 Å². The second-order valence-electron chi connectivity index (χ2n) is 7.62. The second kappa shape index (κ2) is 9.56. The summed E-state index contributed by atoms with van der Waals surface area (Å²) in [5.41, 5.74) is -18.9. The fraction of sp³-hybridized carbons (Fsp3) is 1.00. The van der Waals surface area contributed by atoms with E-state index in [1.807, 2.05) is 0 Å². The highest BCUT2D eigenvalue weighted by Gasteiger charge is 2.82. The van der Waals surface area contributed by atoms with Crippen molar-refractivity contribution >= 4 is 0 Å². The molecule has 0 aliphatic heterocycles. The maximum Gasteiger partial charge on any atom is 0.434 e.